The molecule has 1 N–H and O–H groups in total. The predicted octanol–water partition coefficient (Wildman–Crippen LogP) is 3.54. The Bertz CT molecular complexity index is 906. The Morgan fingerprint density at radius 3 is 2.45 bits per heavy atom. The summed E-state index contributed by atoms with van der Waals surface area (Å²) in [6, 6.07) is 5.87. The summed E-state index contributed by atoms with van der Waals surface area (Å²) in [6.07, 6.45) is 3.59. The van der Waals surface area contributed by atoms with Gasteiger partial charge in [-0.05, 0) is 71.1 Å². The van der Waals surface area contributed by atoms with Crippen LogP contribution in [-0.2, 0) is 16.1 Å². The maximum Gasteiger partial charge on any atom is 0.410 e. The van der Waals surface area contributed by atoms with Gasteiger partial charge in [0.2, 0.25) is 5.91 Å². The molecule has 0 spiro atoms. The second kappa shape index (κ2) is 9.49. The lowest BCUT2D eigenvalue weighted by Gasteiger charge is -2.33. The third-order valence-electron chi connectivity index (χ3n) is 5.27. The Morgan fingerprint density at radius 1 is 1.19 bits per heavy atom. The number of piperidine rings is 1. The second-order valence-corrected chi connectivity index (χ2v) is 9.26. The number of pyridine rings is 1. The molecule has 8 heteroatoms. The van der Waals surface area contributed by atoms with Gasteiger partial charge >= 0.3 is 6.09 Å². The number of carbonyl (C=O) groups is 2. The number of amides is 2. The van der Waals surface area contributed by atoms with E-state index in [1.807, 2.05) is 52.8 Å². The smallest absolute Gasteiger partial charge is 0.410 e. The van der Waals surface area contributed by atoms with Gasteiger partial charge in [0.05, 0.1) is 5.69 Å². The minimum absolute atomic E-state index is 0.0262. The number of carbonyl (C=O) groups excluding carboxylic acids is 2. The SMILES string of the molecule is Cc1cc(C)n(-c2ccc(CNC(=O)CC3CCN(C(=O)OC(C)(C)C)CC3)cn2)n1. The average molecular weight is 428 g/mol. The number of hydrogen-bond donors (Lipinski definition) is 1. The summed E-state index contributed by atoms with van der Waals surface area (Å²) in [7, 11) is 0. The lowest BCUT2D eigenvalue weighted by atomic mass is 9.93. The molecule has 168 valence electrons. The van der Waals surface area contributed by atoms with Crippen LogP contribution < -0.4 is 5.32 Å². The Morgan fingerprint density at radius 2 is 1.90 bits per heavy atom. The van der Waals surface area contributed by atoms with Gasteiger partial charge < -0.3 is 15.0 Å². The fourth-order valence-corrected chi connectivity index (χ4v) is 3.69. The van der Waals surface area contributed by atoms with Crippen molar-refractivity contribution in [3.05, 3.63) is 41.3 Å². The first-order valence-electron chi connectivity index (χ1n) is 10.8. The van der Waals surface area contributed by atoms with Crippen molar-refractivity contribution in [3.63, 3.8) is 0 Å². The third kappa shape index (κ3) is 6.54. The molecule has 1 fully saturated rings. The molecule has 0 aromatic carbocycles. The van der Waals surface area contributed by atoms with E-state index in [0.29, 0.717) is 26.1 Å². The summed E-state index contributed by atoms with van der Waals surface area (Å²) >= 11 is 0. The van der Waals surface area contributed by atoms with E-state index < -0.39 is 5.60 Å². The molecule has 2 aromatic rings. The maximum absolute atomic E-state index is 12.4. The summed E-state index contributed by atoms with van der Waals surface area (Å²) in [6.45, 7) is 11.2. The highest BCUT2D eigenvalue weighted by molar-refractivity contribution is 5.76. The first-order chi connectivity index (χ1) is 14.6. The topological polar surface area (TPSA) is 89.4 Å². The number of nitrogens with one attached hydrogen (secondary N) is 1. The van der Waals surface area contributed by atoms with Crippen LogP contribution in [0.4, 0.5) is 4.79 Å². The number of aryl methyl sites for hydroxylation is 2. The van der Waals surface area contributed by atoms with Crippen LogP contribution in [0, 0.1) is 19.8 Å². The third-order valence-corrected chi connectivity index (χ3v) is 5.27. The van der Waals surface area contributed by atoms with Gasteiger partial charge in [0.25, 0.3) is 0 Å². The molecule has 8 nitrogen and oxygen atoms in total. The normalized spacial score (nSPS) is 15.1. The molecular formula is C23H33N5O3. The van der Waals surface area contributed by atoms with Crippen LogP contribution in [0.25, 0.3) is 5.82 Å². The molecule has 1 aliphatic heterocycles. The van der Waals surface area contributed by atoms with Gasteiger partial charge in [-0.1, -0.05) is 6.07 Å². The lowest BCUT2D eigenvalue weighted by Crippen LogP contribution is -2.42. The average Bonchev–Trinajstić information content (AvgIpc) is 3.04. The first kappa shape index (κ1) is 22.8. The zero-order valence-corrected chi connectivity index (χ0v) is 19.1. The van der Waals surface area contributed by atoms with Gasteiger partial charge in [-0.2, -0.15) is 5.10 Å². The molecular weight excluding hydrogens is 394 g/mol. The van der Waals surface area contributed by atoms with Crippen molar-refractivity contribution < 1.29 is 14.3 Å². The van der Waals surface area contributed by atoms with Crippen LogP contribution >= 0.6 is 0 Å². The number of ether oxygens (including phenoxy) is 1. The van der Waals surface area contributed by atoms with Gasteiger partial charge in [0.1, 0.15) is 5.60 Å². The molecule has 0 atom stereocenters. The predicted molar refractivity (Wildman–Crippen MR) is 118 cm³/mol. The van der Waals surface area contributed by atoms with Crippen LogP contribution in [0.15, 0.2) is 24.4 Å². The van der Waals surface area contributed by atoms with Crippen molar-refractivity contribution in [2.24, 2.45) is 5.92 Å². The zero-order chi connectivity index (χ0) is 22.6. The van der Waals surface area contributed by atoms with E-state index in [-0.39, 0.29) is 17.9 Å². The van der Waals surface area contributed by atoms with Gasteiger partial charge in [-0.15, -0.1) is 0 Å². The molecule has 1 aliphatic rings. The standard InChI is InChI=1S/C23H33N5O3/c1-16-12-17(2)28(26-16)20-7-6-19(14-24-20)15-25-21(29)13-18-8-10-27(11-9-18)22(30)31-23(3,4)5/h6-7,12,14,18H,8-11,13,15H2,1-5H3,(H,25,29). The fraction of sp³-hybridized carbons (Fsp3) is 0.565. The van der Waals surface area contributed by atoms with Crippen molar-refractivity contribution in [2.45, 2.75) is 66.0 Å². The zero-order valence-electron chi connectivity index (χ0n) is 19.1. The number of hydrogen-bond acceptors (Lipinski definition) is 5. The largest absolute Gasteiger partial charge is 0.444 e. The van der Waals surface area contributed by atoms with Gasteiger partial charge in [-0.25, -0.2) is 14.5 Å². The van der Waals surface area contributed by atoms with Crippen molar-refractivity contribution in [1.29, 1.82) is 0 Å². The number of rotatable bonds is 5. The van der Waals surface area contributed by atoms with Gasteiger partial charge in [-0.3, -0.25) is 4.79 Å². The van der Waals surface area contributed by atoms with Crippen LogP contribution in [0.3, 0.4) is 0 Å². The highest BCUT2D eigenvalue weighted by Crippen LogP contribution is 2.22. The molecule has 0 bridgehead atoms. The highest BCUT2D eigenvalue weighted by Gasteiger charge is 2.27. The van der Waals surface area contributed by atoms with E-state index >= 15 is 0 Å². The van der Waals surface area contributed by atoms with Crippen LogP contribution in [-0.4, -0.2) is 50.4 Å². The monoisotopic (exact) mass is 427 g/mol. The first-order valence-corrected chi connectivity index (χ1v) is 10.8. The number of likely N-dealkylation sites (tertiary alicyclic amines) is 1. The molecule has 0 unspecified atom stereocenters. The van der Waals surface area contributed by atoms with Gasteiger partial charge in [0.15, 0.2) is 5.82 Å². The van der Waals surface area contributed by atoms with E-state index in [2.05, 4.69) is 15.4 Å². The van der Waals surface area contributed by atoms with Crippen molar-refractivity contribution >= 4 is 12.0 Å². The Kier molecular flexibility index (Phi) is 6.97. The summed E-state index contributed by atoms with van der Waals surface area (Å²) in [4.78, 5) is 30.7. The van der Waals surface area contributed by atoms with Crippen LogP contribution in [0.5, 0.6) is 0 Å². The molecule has 2 aromatic heterocycles. The number of aromatic nitrogens is 3. The van der Waals surface area contributed by atoms with E-state index in [4.69, 9.17) is 4.74 Å². The summed E-state index contributed by atoms with van der Waals surface area (Å²) in [5.74, 6) is 1.07. The minimum atomic E-state index is -0.489. The van der Waals surface area contributed by atoms with Crippen molar-refractivity contribution in [1.82, 2.24) is 25.0 Å². The quantitative estimate of drug-likeness (QED) is 0.788. The molecule has 0 saturated carbocycles. The van der Waals surface area contributed by atoms with Crippen LogP contribution in [0.1, 0.15) is 57.0 Å². The fourth-order valence-electron chi connectivity index (χ4n) is 3.69. The van der Waals surface area contributed by atoms with Crippen molar-refractivity contribution in [2.75, 3.05) is 13.1 Å². The summed E-state index contributed by atoms with van der Waals surface area (Å²) in [5, 5.41) is 7.41. The van der Waals surface area contributed by atoms with Crippen molar-refractivity contribution in [3.8, 4) is 5.82 Å². The van der Waals surface area contributed by atoms with Gasteiger partial charge in [0, 0.05) is 37.9 Å². The summed E-state index contributed by atoms with van der Waals surface area (Å²) in [5.41, 5.74) is 2.44. The lowest BCUT2D eigenvalue weighted by molar-refractivity contribution is -0.122. The molecule has 0 aliphatic carbocycles. The second-order valence-electron chi connectivity index (χ2n) is 9.26. The molecule has 3 heterocycles. The molecule has 31 heavy (non-hydrogen) atoms. The van der Waals surface area contributed by atoms with E-state index in [1.54, 1.807) is 15.8 Å². The van der Waals surface area contributed by atoms with E-state index in [9.17, 15) is 9.59 Å². The Labute approximate surface area is 184 Å². The minimum Gasteiger partial charge on any atom is -0.444 e. The van der Waals surface area contributed by atoms with Crippen LogP contribution in [0.2, 0.25) is 0 Å². The Hall–Kier alpha value is -2.90. The molecule has 2 amide bonds. The molecule has 1 saturated heterocycles. The highest BCUT2D eigenvalue weighted by atomic mass is 16.6. The summed E-state index contributed by atoms with van der Waals surface area (Å²) < 4.78 is 7.23. The molecule has 0 radical (unpaired) electrons. The number of nitrogens with zero attached hydrogens (tertiary/aromatic N) is 4. The Balaban J connectivity index is 1.42. The van der Waals surface area contributed by atoms with E-state index in [0.717, 1.165) is 35.6 Å². The maximum atomic E-state index is 12.4. The van der Waals surface area contributed by atoms with E-state index in [1.165, 1.54) is 0 Å². The molecule has 3 rings (SSSR count).